The Morgan fingerprint density at radius 3 is 2.33 bits per heavy atom. The Bertz CT molecular complexity index is 714. The first-order valence-electron chi connectivity index (χ1n) is 7.07. The van der Waals surface area contributed by atoms with Crippen LogP contribution in [0, 0.1) is 0 Å². The maximum atomic E-state index is 4.68. The van der Waals surface area contributed by atoms with Gasteiger partial charge in [-0.15, -0.1) is 11.3 Å². The molecule has 2 heteroatoms. The van der Waals surface area contributed by atoms with E-state index in [1.807, 2.05) is 24.3 Å². The summed E-state index contributed by atoms with van der Waals surface area (Å²) in [5.74, 6) is 0.396. The van der Waals surface area contributed by atoms with E-state index in [0.717, 1.165) is 10.7 Å². The highest BCUT2D eigenvalue weighted by Gasteiger charge is 2.03. The zero-order chi connectivity index (χ0) is 14.5. The number of thiazole rings is 1. The standard InChI is InChI=1S/C19H17NS/c1-15(16-8-4-2-5-9-16)12-13-18-14-21-19(20-18)17-10-6-3-7-11-17/h2-15H,1H3/b13-12+. The van der Waals surface area contributed by atoms with Crippen LogP contribution in [0.2, 0.25) is 0 Å². The Hall–Kier alpha value is -2.19. The van der Waals surface area contributed by atoms with Crippen LogP contribution >= 0.6 is 11.3 Å². The van der Waals surface area contributed by atoms with Crippen molar-refractivity contribution < 1.29 is 0 Å². The highest BCUT2D eigenvalue weighted by Crippen LogP contribution is 2.24. The van der Waals surface area contributed by atoms with E-state index in [-0.39, 0.29) is 0 Å². The molecular weight excluding hydrogens is 274 g/mol. The fourth-order valence-corrected chi connectivity index (χ4v) is 2.98. The van der Waals surface area contributed by atoms with Crippen LogP contribution < -0.4 is 0 Å². The summed E-state index contributed by atoms with van der Waals surface area (Å²) in [7, 11) is 0. The molecule has 21 heavy (non-hydrogen) atoms. The normalized spacial score (nSPS) is 12.6. The van der Waals surface area contributed by atoms with Crippen LogP contribution in [-0.2, 0) is 0 Å². The first kappa shape index (κ1) is 13.8. The second-order valence-electron chi connectivity index (χ2n) is 5.00. The molecule has 0 fully saturated rings. The van der Waals surface area contributed by atoms with Gasteiger partial charge in [0.05, 0.1) is 5.69 Å². The van der Waals surface area contributed by atoms with E-state index in [1.54, 1.807) is 11.3 Å². The molecule has 0 saturated heterocycles. The summed E-state index contributed by atoms with van der Waals surface area (Å²) in [5, 5.41) is 3.18. The molecule has 0 bridgehead atoms. The van der Waals surface area contributed by atoms with Gasteiger partial charge in [-0.05, 0) is 17.6 Å². The highest BCUT2D eigenvalue weighted by molar-refractivity contribution is 7.13. The number of rotatable bonds is 4. The molecule has 1 unspecified atom stereocenters. The molecule has 0 aliphatic heterocycles. The van der Waals surface area contributed by atoms with E-state index in [1.165, 1.54) is 11.1 Å². The maximum absolute atomic E-state index is 4.68. The van der Waals surface area contributed by atoms with Crippen LogP contribution in [0.3, 0.4) is 0 Å². The Kier molecular flexibility index (Phi) is 4.27. The Morgan fingerprint density at radius 1 is 0.952 bits per heavy atom. The summed E-state index contributed by atoms with van der Waals surface area (Å²) >= 11 is 1.69. The molecule has 1 atom stereocenters. The largest absolute Gasteiger partial charge is 0.237 e. The van der Waals surface area contributed by atoms with E-state index in [0.29, 0.717) is 5.92 Å². The molecule has 0 radical (unpaired) electrons. The molecule has 0 saturated carbocycles. The van der Waals surface area contributed by atoms with Crippen molar-refractivity contribution in [1.82, 2.24) is 4.98 Å². The van der Waals surface area contributed by atoms with Gasteiger partial charge in [0.1, 0.15) is 5.01 Å². The minimum Gasteiger partial charge on any atom is -0.237 e. The number of allylic oxidation sites excluding steroid dienone is 1. The predicted molar refractivity (Wildman–Crippen MR) is 91.4 cm³/mol. The molecule has 0 spiro atoms. The Balaban J connectivity index is 1.74. The van der Waals surface area contributed by atoms with Gasteiger partial charge in [-0.1, -0.05) is 73.7 Å². The highest BCUT2D eigenvalue weighted by atomic mass is 32.1. The smallest absolute Gasteiger partial charge is 0.124 e. The maximum Gasteiger partial charge on any atom is 0.124 e. The monoisotopic (exact) mass is 291 g/mol. The van der Waals surface area contributed by atoms with E-state index in [4.69, 9.17) is 0 Å². The van der Waals surface area contributed by atoms with Gasteiger partial charge >= 0.3 is 0 Å². The number of hydrogen-bond acceptors (Lipinski definition) is 2. The summed E-state index contributed by atoms with van der Waals surface area (Å²) in [6, 6.07) is 20.8. The molecule has 0 N–H and O–H groups in total. The quantitative estimate of drug-likeness (QED) is 0.607. The van der Waals surface area contributed by atoms with Crippen molar-refractivity contribution in [2.75, 3.05) is 0 Å². The van der Waals surface area contributed by atoms with Crippen molar-refractivity contribution in [3.05, 3.63) is 83.4 Å². The fourth-order valence-electron chi connectivity index (χ4n) is 2.19. The van der Waals surface area contributed by atoms with Gasteiger partial charge in [0.2, 0.25) is 0 Å². The van der Waals surface area contributed by atoms with Crippen molar-refractivity contribution >= 4 is 17.4 Å². The second-order valence-corrected chi connectivity index (χ2v) is 5.86. The lowest BCUT2D eigenvalue weighted by Crippen LogP contribution is -1.87. The minimum absolute atomic E-state index is 0.396. The summed E-state index contributed by atoms with van der Waals surface area (Å²) in [6.07, 6.45) is 4.32. The topological polar surface area (TPSA) is 12.9 Å². The molecule has 1 heterocycles. The third kappa shape index (κ3) is 3.47. The summed E-state index contributed by atoms with van der Waals surface area (Å²) in [5.41, 5.74) is 3.53. The minimum atomic E-state index is 0.396. The molecular formula is C19H17NS. The van der Waals surface area contributed by atoms with E-state index < -0.39 is 0 Å². The van der Waals surface area contributed by atoms with Gasteiger partial charge in [-0.2, -0.15) is 0 Å². The van der Waals surface area contributed by atoms with Gasteiger partial charge in [-0.25, -0.2) is 4.98 Å². The third-order valence-corrected chi connectivity index (χ3v) is 4.33. The van der Waals surface area contributed by atoms with Crippen LogP contribution in [0.4, 0.5) is 0 Å². The molecule has 0 aliphatic rings. The van der Waals surface area contributed by atoms with Gasteiger partial charge in [0, 0.05) is 10.9 Å². The third-order valence-electron chi connectivity index (χ3n) is 3.42. The van der Waals surface area contributed by atoms with Crippen molar-refractivity contribution in [1.29, 1.82) is 0 Å². The molecule has 1 aromatic heterocycles. The average molecular weight is 291 g/mol. The Labute approximate surface area is 129 Å². The molecule has 2 aromatic carbocycles. The SMILES string of the molecule is CC(/C=C/c1csc(-c2ccccc2)n1)c1ccccc1. The lowest BCUT2D eigenvalue weighted by molar-refractivity contribution is 0.972. The molecule has 104 valence electrons. The number of nitrogens with zero attached hydrogens (tertiary/aromatic N) is 1. The van der Waals surface area contributed by atoms with E-state index in [2.05, 4.69) is 65.8 Å². The van der Waals surface area contributed by atoms with Crippen LogP contribution in [-0.4, -0.2) is 4.98 Å². The second kappa shape index (κ2) is 6.51. The zero-order valence-electron chi connectivity index (χ0n) is 11.9. The van der Waals surface area contributed by atoms with Crippen molar-refractivity contribution in [3.8, 4) is 10.6 Å². The summed E-state index contributed by atoms with van der Waals surface area (Å²) < 4.78 is 0. The van der Waals surface area contributed by atoms with Gasteiger partial charge in [0.25, 0.3) is 0 Å². The van der Waals surface area contributed by atoms with Crippen molar-refractivity contribution in [3.63, 3.8) is 0 Å². The lowest BCUT2D eigenvalue weighted by Gasteiger charge is -2.05. The number of benzene rings is 2. The lowest BCUT2D eigenvalue weighted by atomic mass is 10.0. The molecule has 3 rings (SSSR count). The Morgan fingerprint density at radius 2 is 1.62 bits per heavy atom. The molecule has 3 aromatic rings. The van der Waals surface area contributed by atoms with Crippen LogP contribution in [0.1, 0.15) is 24.1 Å². The summed E-state index contributed by atoms with van der Waals surface area (Å²) in [6.45, 7) is 2.20. The van der Waals surface area contributed by atoms with E-state index in [9.17, 15) is 0 Å². The number of hydrogen-bond donors (Lipinski definition) is 0. The van der Waals surface area contributed by atoms with Crippen LogP contribution in [0.15, 0.2) is 72.1 Å². The molecule has 0 aliphatic carbocycles. The zero-order valence-corrected chi connectivity index (χ0v) is 12.8. The predicted octanol–water partition coefficient (Wildman–Crippen LogP) is 5.63. The van der Waals surface area contributed by atoms with Gasteiger partial charge < -0.3 is 0 Å². The molecule has 1 nitrogen and oxygen atoms in total. The summed E-state index contributed by atoms with van der Waals surface area (Å²) in [4.78, 5) is 4.68. The van der Waals surface area contributed by atoms with E-state index >= 15 is 0 Å². The first-order chi connectivity index (χ1) is 10.3. The molecule has 0 amide bonds. The average Bonchev–Trinajstić information content (AvgIpc) is 3.03. The van der Waals surface area contributed by atoms with Crippen molar-refractivity contribution in [2.45, 2.75) is 12.8 Å². The van der Waals surface area contributed by atoms with Crippen molar-refractivity contribution in [2.24, 2.45) is 0 Å². The fraction of sp³-hybridized carbons (Fsp3) is 0.105. The van der Waals surface area contributed by atoms with Gasteiger partial charge in [0.15, 0.2) is 0 Å². The number of aromatic nitrogens is 1. The van der Waals surface area contributed by atoms with Crippen LogP contribution in [0.25, 0.3) is 16.6 Å². The van der Waals surface area contributed by atoms with Crippen LogP contribution in [0.5, 0.6) is 0 Å². The first-order valence-corrected chi connectivity index (χ1v) is 7.95. The van der Waals surface area contributed by atoms with Gasteiger partial charge in [-0.3, -0.25) is 0 Å².